The Hall–Kier alpha value is -0.820. The minimum absolute atomic E-state index is 0.0375. The molecule has 0 aromatic rings. The third-order valence-electron chi connectivity index (χ3n) is 4.16. The Morgan fingerprint density at radius 2 is 2.19 bits per heavy atom. The largest absolute Gasteiger partial charge is 0.369 e. The van der Waals surface area contributed by atoms with Gasteiger partial charge in [0.15, 0.2) is 11.8 Å². The molecule has 0 amide bonds. The monoisotopic (exact) mass is 308 g/mol. The van der Waals surface area contributed by atoms with Crippen LogP contribution in [0.1, 0.15) is 39.0 Å². The summed E-state index contributed by atoms with van der Waals surface area (Å²) in [7, 11) is 0. The normalized spacial score (nSPS) is 35.8. The van der Waals surface area contributed by atoms with E-state index in [9.17, 15) is 5.11 Å². The van der Waals surface area contributed by atoms with Crippen LogP contribution in [0.2, 0.25) is 0 Å². The molecule has 21 heavy (non-hydrogen) atoms. The van der Waals surface area contributed by atoms with Gasteiger partial charge in [-0.2, -0.15) is 0 Å². The Bertz CT molecular complexity index is 457. The molecule has 0 aromatic carbocycles. The highest BCUT2D eigenvalue weighted by Gasteiger charge is 2.25. The molecule has 3 rings (SSSR count). The van der Waals surface area contributed by atoms with E-state index in [1.807, 2.05) is 12.3 Å². The second kappa shape index (κ2) is 6.96. The third-order valence-corrected chi connectivity index (χ3v) is 5.26. The minimum atomic E-state index is -0.500. The predicted octanol–water partition coefficient (Wildman–Crippen LogP) is 1.63. The molecule has 0 spiro atoms. The molecule has 3 aliphatic rings. The average molecular weight is 308 g/mol. The van der Waals surface area contributed by atoms with Gasteiger partial charge in [0, 0.05) is 28.9 Å². The van der Waals surface area contributed by atoms with E-state index in [1.54, 1.807) is 0 Å². The zero-order chi connectivity index (χ0) is 14.7. The first-order valence-electron chi connectivity index (χ1n) is 7.79. The molecule has 116 valence electrons. The molecule has 4 N–H and O–H groups in total. The van der Waals surface area contributed by atoms with Crippen molar-refractivity contribution in [2.45, 2.75) is 63.0 Å². The zero-order valence-corrected chi connectivity index (χ0v) is 13.2. The van der Waals surface area contributed by atoms with Gasteiger partial charge in [0.25, 0.3) is 0 Å². The van der Waals surface area contributed by atoms with Gasteiger partial charge in [-0.25, -0.2) is 0 Å². The average Bonchev–Trinajstić information content (AvgIpc) is 2.78. The molecule has 3 unspecified atom stereocenters. The predicted molar refractivity (Wildman–Crippen MR) is 87.8 cm³/mol. The van der Waals surface area contributed by atoms with Crippen LogP contribution in [0.5, 0.6) is 0 Å². The maximum Gasteiger partial charge on any atom is 0.173 e. The zero-order valence-electron chi connectivity index (χ0n) is 12.4. The summed E-state index contributed by atoms with van der Waals surface area (Å²) in [5.74, 6) is 0. The van der Waals surface area contributed by atoms with Crippen molar-refractivity contribution in [2.24, 2.45) is 4.99 Å². The van der Waals surface area contributed by atoms with Crippen LogP contribution in [-0.2, 0) is 0 Å². The van der Waals surface area contributed by atoms with Crippen molar-refractivity contribution in [1.29, 1.82) is 0 Å². The van der Waals surface area contributed by atoms with Crippen molar-refractivity contribution < 1.29 is 5.11 Å². The van der Waals surface area contributed by atoms with Gasteiger partial charge in [-0.05, 0) is 31.9 Å². The molecule has 6 heteroatoms. The van der Waals surface area contributed by atoms with Crippen LogP contribution in [-0.4, -0.2) is 35.3 Å². The van der Waals surface area contributed by atoms with E-state index in [-0.39, 0.29) is 12.3 Å². The number of allylic oxidation sites excluding steroid dienone is 2. The fraction of sp³-hybridized carbons (Fsp3) is 0.667. The molecule has 3 atom stereocenters. The number of hydrogen-bond acceptors (Lipinski definition) is 6. The number of aliphatic hydroxyl groups excluding tert-OH is 1. The lowest BCUT2D eigenvalue weighted by atomic mass is 9.95. The number of aliphatic hydroxyl groups is 1. The minimum Gasteiger partial charge on any atom is -0.369 e. The first kappa shape index (κ1) is 15.1. The fourth-order valence-electron chi connectivity index (χ4n) is 2.99. The Morgan fingerprint density at radius 1 is 1.38 bits per heavy atom. The summed E-state index contributed by atoms with van der Waals surface area (Å²) in [6.07, 6.45) is 12.4. The van der Waals surface area contributed by atoms with E-state index in [0.717, 1.165) is 10.6 Å². The van der Waals surface area contributed by atoms with Gasteiger partial charge in [0.1, 0.15) is 0 Å². The maximum atomic E-state index is 9.60. The van der Waals surface area contributed by atoms with Crippen molar-refractivity contribution >= 4 is 18.0 Å². The van der Waals surface area contributed by atoms with E-state index in [4.69, 9.17) is 0 Å². The van der Waals surface area contributed by atoms with Gasteiger partial charge >= 0.3 is 0 Å². The number of hydrogen-bond donors (Lipinski definition) is 4. The quantitative estimate of drug-likeness (QED) is 0.638. The molecule has 1 saturated heterocycles. The molecule has 0 aromatic heterocycles. The van der Waals surface area contributed by atoms with Gasteiger partial charge in [-0.3, -0.25) is 15.6 Å². The van der Waals surface area contributed by atoms with E-state index < -0.39 is 5.56 Å². The van der Waals surface area contributed by atoms with E-state index >= 15 is 0 Å². The van der Waals surface area contributed by atoms with Gasteiger partial charge in [0.2, 0.25) is 0 Å². The summed E-state index contributed by atoms with van der Waals surface area (Å²) in [4.78, 5) is 5.60. The smallest absolute Gasteiger partial charge is 0.173 e. The van der Waals surface area contributed by atoms with Gasteiger partial charge in [-0.15, -0.1) is 0 Å². The summed E-state index contributed by atoms with van der Waals surface area (Å²) in [5, 5.41) is 19.7. The molecule has 2 heterocycles. The molecule has 0 radical (unpaired) electrons. The SMILES string of the molecule is CC1NC(O)S/C1=C\C1=CC=NC(NC2CCCCC2)N1. The maximum absolute atomic E-state index is 9.60. The van der Waals surface area contributed by atoms with E-state index in [2.05, 4.69) is 33.9 Å². The second-order valence-electron chi connectivity index (χ2n) is 5.87. The first-order valence-corrected chi connectivity index (χ1v) is 8.67. The Labute approximate surface area is 130 Å². The first-order chi connectivity index (χ1) is 10.2. The van der Waals surface area contributed by atoms with Crippen LogP contribution in [0, 0.1) is 0 Å². The molecule has 2 aliphatic heterocycles. The highest BCUT2D eigenvalue weighted by molar-refractivity contribution is 8.03. The summed E-state index contributed by atoms with van der Waals surface area (Å²) < 4.78 is 0. The van der Waals surface area contributed by atoms with Gasteiger partial charge in [0.05, 0.1) is 0 Å². The summed E-state index contributed by atoms with van der Waals surface area (Å²) >= 11 is 1.46. The lowest BCUT2D eigenvalue weighted by Gasteiger charge is -2.28. The Balaban J connectivity index is 1.57. The van der Waals surface area contributed by atoms with E-state index in [0.29, 0.717) is 6.04 Å². The summed E-state index contributed by atoms with van der Waals surface area (Å²) in [6, 6.07) is 0.764. The van der Waals surface area contributed by atoms with Crippen LogP contribution in [0.3, 0.4) is 0 Å². The summed E-state index contributed by atoms with van der Waals surface area (Å²) in [5.41, 5.74) is 0.545. The number of nitrogens with one attached hydrogen (secondary N) is 3. The van der Waals surface area contributed by atoms with Crippen LogP contribution < -0.4 is 16.0 Å². The number of thioether (sulfide) groups is 1. The van der Waals surface area contributed by atoms with Crippen LogP contribution in [0.25, 0.3) is 0 Å². The molecular weight excluding hydrogens is 284 g/mol. The number of rotatable bonds is 3. The van der Waals surface area contributed by atoms with Crippen molar-refractivity contribution in [1.82, 2.24) is 16.0 Å². The highest BCUT2D eigenvalue weighted by Crippen LogP contribution is 2.30. The lowest BCUT2D eigenvalue weighted by molar-refractivity contribution is 0.226. The number of nitrogens with zero attached hydrogens (tertiary/aromatic N) is 1. The summed E-state index contributed by atoms with van der Waals surface area (Å²) in [6.45, 7) is 2.06. The Morgan fingerprint density at radius 3 is 2.90 bits per heavy atom. The number of aliphatic imine (C=N–C) groups is 1. The van der Waals surface area contributed by atoms with Crippen molar-refractivity contribution in [3.63, 3.8) is 0 Å². The molecule has 5 nitrogen and oxygen atoms in total. The molecule has 1 aliphatic carbocycles. The van der Waals surface area contributed by atoms with Crippen molar-refractivity contribution in [3.8, 4) is 0 Å². The highest BCUT2D eigenvalue weighted by atomic mass is 32.2. The molecule has 0 bridgehead atoms. The fourth-order valence-corrected chi connectivity index (χ4v) is 3.99. The van der Waals surface area contributed by atoms with Gasteiger partial charge < -0.3 is 10.4 Å². The lowest BCUT2D eigenvalue weighted by Crippen LogP contribution is -2.47. The molecule has 2 fully saturated rings. The molecular formula is C15H24N4OS. The topological polar surface area (TPSA) is 68.7 Å². The standard InChI is InChI=1S/C15H24N4OS/c1-10-13(21-15(20)17-10)9-12-7-8-16-14(19-12)18-11-5-3-2-4-6-11/h7-11,14-15,17-20H,2-6H2,1H3/b13-9-. The van der Waals surface area contributed by atoms with E-state index in [1.165, 1.54) is 43.9 Å². The molecule has 1 saturated carbocycles. The van der Waals surface area contributed by atoms with Crippen LogP contribution in [0.4, 0.5) is 0 Å². The van der Waals surface area contributed by atoms with Crippen LogP contribution in [0.15, 0.2) is 27.7 Å². The van der Waals surface area contributed by atoms with Crippen LogP contribution >= 0.6 is 11.8 Å². The van der Waals surface area contributed by atoms with Gasteiger partial charge in [-0.1, -0.05) is 31.0 Å². The van der Waals surface area contributed by atoms with Crippen molar-refractivity contribution in [3.05, 3.63) is 22.8 Å². The second-order valence-corrected chi connectivity index (χ2v) is 7.03. The third kappa shape index (κ3) is 4.10. The Kier molecular flexibility index (Phi) is 5.00. The van der Waals surface area contributed by atoms with Crippen molar-refractivity contribution in [2.75, 3.05) is 0 Å².